The van der Waals surface area contributed by atoms with Gasteiger partial charge in [-0.25, -0.2) is 4.98 Å². The highest BCUT2D eigenvalue weighted by Crippen LogP contribution is 2.17. The number of hydrogen-bond donors (Lipinski definition) is 1. The largest absolute Gasteiger partial charge is 1.00 e. The van der Waals surface area contributed by atoms with E-state index >= 15 is 0 Å². The SMILES string of the molecule is C[n+]1ccnc2c(O)cccc21.[Cl-]. The summed E-state index contributed by atoms with van der Waals surface area (Å²) in [5.74, 6) is 0.226. The Kier molecular flexibility index (Phi) is 2.68. The van der Waals surface area contributed by atoms with Crippen molar-refractivity contribution in [3.8, 4) is 5.75 Å². The van der Waals surface area contributed by atoms with Crippen LogP contribution in [0.4, 0.5) is 0 Å². The Morgan fingerprint density at radius 3 is 2.85 bits per heavy atom. The predicted molar refractivity (Wildman–Crippen MR) is 44.6 cm³/mol. The number of para-hydroxylation sites is 1. The number of phenolic OH excluding ortho intramolecular Hbond substituents is 1. The lowest BCUT2D eigenvalue weighted by molar-refractivity contribution is -0.645. The van der Waals surface area contributed by atoms with Gasteiger partial charge in [0, 0.05) is 6.07 Å². The highest BCUT2D eigenvalue weighted by Gasteiger charge is 2.07. The molecule has 1 N–H and O–H groups in total. The molecule has 0 amide bonds. The zero-order chi connectivity index (χ0) is 8.55. The van der Waals surface area contributed by atoms with Gasteiger partial charge in [0.05, 0.1) is 6.20 Å². The predicted octanol–water partition coefficient (Wildman–Crippen LogP) is -2.23. The molecule has 0 fully saturated rings. The van der Waals surface area contributed by atoms with Crippen LogP contribution >= 0.6 is 0 Å². The molecule has 4 heteroatoms. The first-order chi connectivity index (χ1) is 5.79. The van der Waals surface area contributed by atoms with Crippen LogP contribution in [0.1, 0.15) is 0 Å². The first-order valence-electron chi connectivity index (χ1n) is 3.71. The Morgan fingerprint density at radius 2 is 2.15 bits per heavy atom. The molecule has 0 saturated heterocycles. The van der Waals surface area contributed by atoms with E-state index in [1.807, 2.05) is 23.9 Å². The number of halogens is 1. The Morgan fingerprint density at radius 1 is 1.38 bits per heavy atom. The van der Waals surface area contributed by atoms with Crippen LogP contribution in [0.2, 0.25) is 0 Å². The number of phenols is 1. The number of aromatic nitrogens is 2. The molecule has 3 nitrogen and oxygen atoms in total. The number of hydrogen-bond acceptors (Lipinski definition) is 2. The quantitative estimate of drug-likeness (QED) is 0.485. The fourth-order valence-corrected chi connectivity index (χ4v) is 1.22. The third kappa shape index (κ3) is 1.55. The van der Waals surface area contributed by atoms with E-state index < -0.39 is 0 Å². The fraction of sp³-hybridized carbons (Fsp3) is 0.111. The second-order valence-electron chi connectivity index (χ2n) is 2.68. The molecule has 0 radical (unpaired) electrons. The van der Waals surface area contributed by atoms with Crippen molar-refractivity contribution in [2.45, 2.75) is 0 Å². The van der Waals surface area contributed by atoms with E-state index in [0.29, 0.717) is 5.52 Å². The second kappa shape index (κ2) is 3.58. The monoisotopic (exact) mass is 196 g/mol. The van der Waals surface area contributed by atoms with E-state index in [1.54, 1.807) is 18.3 Å². The summed E-state index contributed by atoms with van der Waals surface area (Å²) in [5, 5.41) is 9.42. The molecular weight excluding hydrogens is 188 g/mol. The topological polar surface area (TPSA) is 37.0 Å². The Hall–Kier alpha value is -1.35. The zero-order valence-corrected chi connectivity index (χ0v) is 7.86. The first kappa shape index (κ1) is 9.74. The van der Waals surface area contributed by atoms with Crippen LogP contribution in [0.25, 0.3) is 11.0 Å². The normalized spacial score (nSPS) is 9.62. The maximum absolute atomic E-state index is 9.42. The molecule has 1 aromatic carbocycles. The molecule has 0 atom stereocenters. The summed E-state index contributed by atoms with van der Waals surface area (Å²) in [7, 11) is 1.92. The van der Waals surface area contributed by atoms with Crippen molar-refractivity contribution in [2.24, 2.45) is 7.05 Å². The molecule has 0 aliphatic rings. The maximum atomic E-state index is 9.42. The summed E-state index contributed by atoms with van der Waals surface area (Å²) in [5.41, 5.74) is 1.57. The molecular formula is C9H9ClN2O. The van der Waals surface area contributed by atoms with Gasteiger partial charge < -0.3 is 17.5 Å². The minimum Gasteiger partial charge on any atom is -1.00 e. The van der Waals surface area contributed by atoms with E-state index in [1.165, 1.54) is 0 Å². The van der Waals surface area contributed by atoms with E-state index in [-0.39, 0.29) is 18.2 Å². The average Bonchev–Trinajstić information content (AvgIpc) is 2.07. The molecule has 0 aliphatic heterocycles. The van der Waals surface area contributed by atoms with Crippen LogP contribution in [-0.4, -0.2) is 10.1 Å². The summed E-state index contributed by atoms with van der Waals surface area (Å²) in [6.07, 6.45) is 3.52. The lowest BCUT2D eigenvalue weighted by atomic mass is 10.3. The van der Waals surface area contributed by atoms with Gasteiger partial charge >= 0.3 is 0 Å². The minimum absolute atomic E-state index is 0. The number of nitrogens with zero attached hydrogens (tertiary/aromatic N) is 2. The van der Waals surface area contributed by atoms with Crippen LogP contribution in [0.15, 0.2) is 30.6 Å². The molecule has 0 saturated carbocycles. The summed E-state index contributed by atoms with van der Waals surface area (Å²) in [6, 6.07) is 5.36. The van der Waals surface area contributed by atoms with Crippen molar-refractivity contribution in [1.82, 2.24) is 4.98 Å². The van der Waals surface area contributed by atoms with E-state index in [4.69, 9.17) is 0 Å². The zero-order valence-electron chi connectivity index (χ0n) is 7.11. The minimum atomic E-state index is 0. The summed E-state index contributed by atoms with van der Waals surface area (Å²) in [4.78, 5) is 4.07. The number of fused-ring (bicyclic) bond motifs is 1. The molecule has 1 heterocycles. The number of aryl methyl sites for hydroxylation is 1. The molecule has 2 rings (SSSR count). The van der Waals surface area contributed by atoms with Gasteiger partial charge in [0.15, 0.2) is 11.7 Å². The molecule has 13 heavy (non-hydrogen) atoms. The van der Waals surface area contributed by atoms with Crippen molar-refractivity contribution in [3.05, 3.63) is 30.6 Å². The van der Waals surface area contributed by atoms with E-state index in [2.05, 4.69) is 4.98 Å². The van der Waals surface area contributed by atoms with Crippen LogP contribution in [-0.2, 0) is 7.05 Å². The van der Waals surface area contributed by atoms with Gasteiger partial charge in [0.1, 0.15) is 12.8 Å². The van der Waals surface area contributed by atoms with Crippen molar-refractivity contribution in [1.29, 1.82) is 0 Å². The Bertz CT molecular complexity index is 390. The van der Waals surface area contributed by atoms with Crippen molar-refractivity contribution < 1.29 is 22.1 Å². The van der Waals surface area contributed by atoms with Crippen molar-refractivity contribution >= 4 is 11.0 Å². The second-order valence-corrected chi connectivity index (χ2v) is 2.68. The van der Waals surface area contributed by atoms with Gasteiger partial charge in [-0.15, -0.1) is 0 Å². The van der Waals surface area contributed by atoms with Crippen LogP contribution < -0.4 is 17.0 Å². The number of aromatic hydroxyl groups is 1. The lowest BCUT2D eigenvalue weighted by Gasteiger charge is -1.96. The van der Waals surface area contributed by atoms with Crippen LogP contribution in [0.3, 0.4) is 0 Å². The molecule has 68 valence electrons. The Labute approximate surface area is 82.1 Å². The summed E-state index contributed by atoms with van der Waals surface area (Å²) in [6.45, 7) is 0. The molecule has 0 unspecified atom stereocenters. The van der Waals surface area contributed by atoms with Crippen molar-refractivity contribution in [3.63, 3.8) is 0 Å². The summed E-state index contributed by atoms with van der Waals surface area (Å²) >= 11 is 0. The van der Waals surface area contributed by atoms with Crippen molar-refractivity contribution in [2.75, 3.05) is 0 Å². The summed E-state index contributed by atoms with van der Waals surface area (Å²) < 4.78 is 1.92. The molecule has 0 spiro atoms. The van der Waals surface area contributed by atoms with E-state index in [9.17, 15) is 5.11 Å². The third-order valence-electron chi connectivity index (χ3n) is 1.87. The number of benzene rings is 1. The molecule has 0 bridgehead atoms. The van der Waals surface area contributed by atoms with Gasteiger partial charge in [-0.1, -0.05) is 6.07 Å². The average molecular weight is 197 g/mol. The van der Waals surface area contributed by atoms with Crippen LogP contribution in [0.5, 0.6) is 5.75 Å². The molecule has 1 aromatic heterocycles. The highest BCUT2D eigenvalue weighted by atomic mass is 35.5. The maximum Gasteiger partial charge on any atom is 0.234 e. The lowest BCUT2D eigenvalue weighted by Crippen LogP contribution is -3.00. The van der Waals surface area contributed by atoms with Gasteiger partial charge in [0.2, 0.25) is 5.52 Å². The fourth-order valence-electron chi connectivity index (χ4n) is 1.22. The van der Waals surface area contributed by atoms with E-state index in [0.717, 1.165) is 5.52 Å². The highest BCUT2D eigenvalue weighted by molar-refractivity contribution is 5.77. The molecule has 0 aliphatic carbocycles. The number of rotatable bonds is 0. The molecule has 2 aromatic rings. The van der Waals surface area contributed by atoms with Gasteiger partial charge in [-0.05, 0) is 6.07 Å². The standard InChI is InChI=1S/C9H8N2O.ClH/c1-11-6-5-10-9-7(11)3-2-4-8(9)12;/h2-6H,1H3;1H. The first-order valence-corrected chi connectivity index (χ1v) is 3.71. The smallest absolute Gasteiger partial charge is 0.234 e. The third-order valence-corrected chi connectivity index (χ3v) is 1.87. The van der Waals surface area contributed by atoms with Gasteiger partial charge in [-0.2, -0.15) is 4.57 Å². The van der Waals surface area contributed by atoms with Crippen LogP contribution in [0, 0.1) is 0 Å². The van der Waals surface area contributed by atoms with Gasteiger partial charge in [-0.3, -0.25) is 0 Å². The Balaban J connectivity index is 0.000000845. The van der Waals surface area contributed by atoms with Gasteiger partial charge in [0.25, 0.3) is 0 Å².